The van der Waals surface area contributed by atoms with Crippen molar-refractivity contribution in [2.75, 3.05) is 24.4 Å². The van der Waals surface area contributed by atoms with E-state index in [1.54, 1.807) is 24.3 Å². The summed E-state index contributed by atoms with van der Waals surface area (Å²) >= 11 is 0. The number of carbonyl (C=O) groups excluding carboxylic acids is 3. The molecule has 1 heterocycles. The second kappa shape index (κ2) is 8.97. The average Bonchev–Trinajstić information content (AvgIpc) is 2.98. The molecule has 0 saturated heterocycles. The number of rotatable bonds is 7. The summed E-state index contributed by atoms with van der Waals surface area (Å²) in [4.78, 5) is 40.2. The van der Waals surface area contributed by atoms with E-state index >= 15 is 0 Å². The summed E-state index contributed by atoms with van der Waals surface area (Å²) in [6.45, 7) is 6.07. The molecule has 9 heteroatoms. The molecule has 0 bridgehead atoms. The van der Waals surface area contributed by atoms with Gasteiger partial charge < -0.3 is 10.1 Å². The number of ether oxygens (including phenoxy) is 1. The maximum atomic E-state index is 13.4. The second-order valence-corrected chi connectivity index (χ2v) is 11.4. The van der Waals surface area contributed by atoms with E-state index in [4.69, 9.17) is 4.74 Å². The van der Waals surface area contributed by atoms with Crippen molar-refractivity contribution in [1.29, 1.82) is 0 Å². The van der Waals surface area contributed by atoms with Gasteiger partial charge in [0, 0.05) is 6.26 Å². The fourth-order valence-corrected chi connectivity index (χ4v) is 4.33. The molecular formula is C24H28N2O6S. The summed E-state index contributed by atoms with van der Waals surface area (Å²) < 4.78 is 29.0. The first-order chi connectivity index (χ1) is 15.3. The summed E-state index contributed by atoms with van der Waals surface area (Å²) in [6.07, 6.45) is 0.817. The predicted molar refractivity (Wildman–Crippen MR) is 125 cm³/mol. The van der Waals surface area contributed by atoms with Gasteiger partial charge in [-0.1, -0.05) is 39.0 Å². The molecule has 1 aliphatic rings. The highest BCUT2D eigenvalue weighted by Crippen LogP contribution is 2.32. The Kier molecular flexibility index (Phi) is 6.65. The van der Waals surface area contributed by atoms with Gasteiger partial charge in [0.25, 0.3) is 11.8 Å². The topological polar surface area (TPSA) is 110 Å². The standard InChI is InChI=1S/C24H28N2O6S/c1-24(2,3)15-10-11-20(32-4)18(14-15)25-21(27)19(12-13-33(5,30)31)26-22(28)16-8-6-7-9-17(16)23(26)29/h6-11,14,19H,12-13H2,1-5H3,(H,25,27). The van der Waals surface area contributed by atoms with Crippen LogP contribution in [0.1, 0.15) is 53.5 Å². The molecule has 0 fully saturated rings. The SMILES string of the molecule is COc1ccc(C(C)(C)C)cc1NC(=O)C(CCS(C)(=O)=O)N1C(=O)c2ccccc2C1=O. The molecule has 0 saturated carbocycles. The van der Waals surface area contributed by atoms with Crippen molar-refractivity contribution in [2.45, 2.75) is 38.6 Å². The molecule has 33 heavy (non-hydrogen) atoms. The van der Waals surface area contributed by atoms with Gasteiger partial charge in [0.15, 0.2) is 0 Å². The van der Waals surface area contributed by atoms with E-state index < -0.39 is 33.6 Å². The first kappa shape index (κ1) is 24.4. The van der Waals surface area contributed by atoms with Crippen molar-refractivity contribution >= 4 is 33.2 Å². The van der Waals surface area contributed by atoms with Crippen molar-refractivity contribution < 1.29 is 27.5 Å². The van der Waals surface area contributed by atoms with Gasteiger partial charge in [-0.3, -0.25) is 19.3 Å². The van der Waals surface area contributed by atoms with Gasteiger partial charge in [-0.25, -0.2) is 8.42 Å². The lowest BCUT2D eigenvalue weighted by Gasteiger charge is -2.26. The minimum Gasteiger partial charge on any atom is -0.495 e. The van der Waals surface area contributed by atoms with Crippen LogP contribution in [-0.4, -0.2) is 56.2 Å². The predicted octanol–water partition coefficient (Wildman–Crippen LogP) is 3.03. The molecule has 3 rings (SSSR count). The maximum absolute atomic E-state index is 13.4. The number of sulfone groups is 1. The van der Waals surface area contributed by atoms with Crippen LogP contribution in [0.25, 0.3) is 0 Å². The number of hydrogen-bond donors (Lipinski definition) is 1. The largest absolute Gasteiger partial charge is 0.495 e. The van der Waals surface area contributed by atoms with Crippen LogP contribution < -0.4 is 10.1 Å². The van der Waals surface area contributed by atoms with Crippen LogP contribution in [-0.2, 0) is 20.0 Å². The van der Waals surface area contributed by atoms with Crippen molar-refractivity contribution in [3.05, 3.63) is 59.2 Å². The van der Waals surface area contributed by atoms with E-state index in [9.17, 15) is 22.8 Å². The third-order valence-electron chi connectivity index (χ3n) is 5.53. The zero-order chi connectivity index (χ0) is 24.6. The summed E-state index contributed by atoms with van der Waals surface area (Å²) in [5, 5.41) is 2.75. The van der Waals surface area contributed by atoms with Crippen LogP contribution >= 0.6 is 0 Å². The smallest absolute Gasteiger partial charge is 0.262 e. The van der Waals surface area contributed by atoms with E-state index in [-0.39, 0.29) is 28.7 Å². The summed E-state index contributed by atoms with van der Waals surface area (Å²) in [5.74, 6) is -1.88. The highest BCUT2D eigenvalue weighted by molar-refractivity contribution is 7.90. The Balaban J connectivity index is 1.98. The molecule has 0 radical (unpaired) electrons. The van der Waals surface area contributed by atoms with E-state index in [1.165, 1.54) is 19.2 Å². The number of fused-ring (bicyclic) bond motifs is 1. The van der Waals surface area contributed by atoms with E-state index in [0.717, 1.165) is 16.7 Å². The van der Waals surface area contributed by atoms with Gasteiger partial charge in [0.2, 0.25) is 5.91 Å². The van der Waals surface area contributed by atoms with Crippen molar-refractivity contribution in [2.24, 2.45) is 0 Å². The van der Waals surface area contributed by atoms with Gasteiger partial charge in [0.1, 0.15) is 21.6 Å². The monoisotopic (exact) mass is 472 g/mol. The summed E-state index contributed by atoms with van der Waals surface area (Å²) in [7, 11) is -1.99. The van der Waals surface area contributed by atoms with Crippen LogP contribution in [0.2, 0.25) is 0 Å². The number of imide groups is 1. The number of benzene rings is 2. The molecule has 2 aromatic carbocycles. The van der Waals surface area contributed by atoms with Crippen molar-refractivity contribution in [3.8, 4) is 5.75 Å². The number of anilines is 1. The Bertz CT molecular complexity index is 1180. The van der Waals surface area contributed by atoms with E-state index in [1.807, 2.05) is 26.8 Å². The highest BCUT2D eigenvalue weighted by atomic mass is 32.2. The molecule has 3 amide bonds. The van der Waals surface area contributed by atoms with Crippen LogP contribution in [0.15, 0.2) is 42.5 Å². The first-order valence-corrected chi connectivity index (χ1v) is 12.5. The Labute approximate surface area is 193 Å². The molecule has 1 aliphatic heterocycles. The molecule has 1 atom stereocenters. The zero-order valence-electron chi connectivity index (χ0n) is 19.3. The first-order valence-electron chi connectivity index (χ1n) is 10.5. The lowest BCUT2D eigenvalue weighted by atomic mass is 9.87. The molecule has 1 N–H and O–H groups in total. The molecule has 1 unspecified atom stereocenters. The minimum absolute atomic E-state index is 0.187. The fourth-order valence-electron chi connectivity index (χ4n) is 3.68. The Morgan fingerprint density at radius 2 is 1.64 bits per heavy atom. The van der Waals surface area contributed by atoms with Gasteiger partial charge in [-0.05, 0) is 41.7 Å². The van der Waals surface area contributed by atoms with Crippen LogP contribution in [0.3, 0.4) is 0 Å². The third-order valence-corrected chi connectivity index (χ3v) is 6.50. The molecule has 176 valence electrons. The van der Waals surface area contributed by atoms with Crippen LogP contribution in [0.5, 0.6) is 5.75 Å². The van der Waals surface area contributed by atoms with Gasteiger partial charge >= 0.3 is 0 Å². The van der Waals surface area contributed by atoms with Gasteiger partial charge in [-0.2, -0.15) is 0 Å². The lowest BCUT2D eigenvalue weighted by Crippen LogP contribution is -2.48. The van der Waals surface area contributed by atoms with Crippen molar-refractivity contribution in [3.63, 3.8) is 0 Å². The lowest BCUT2D eigenvalue weighted by molar-refractivity contribution is -0.120. The number of amides is 3. The number of nitrogens with one attached hydrogen (secondary N) is 1. The Hall–Kier alpha value is -3.20. The number of carbonyl (C=O) groups is 3. The van der Waals surface area contributed by atoms with E-state index in [2.05, 4.69) is 5.32 Å². The zero-order valence-corrected chi connectivity index (χ0v) is 20.2. The average molecular weight is 473 g/mol. The van der Waals surface area contributed by atoms with Crippen LogP contribution in [0.4, 0.5) is 5.69 Å². The van der Waals surface area contributed by atoms with Crippen LogP contribution in [0, 0.1) is 0 Å². The Morgan fingerprint density at radius 1 is 1.06 bits per heavy atom. The Morgan fingerprint density at radius 3 is 2.12 bits per heavy atom. The van der Waals surface area contributed by atoms with E-state index in [0.29, 0.717) is 11.4 Å². The third kappa shape index (κ3) is 5.24. The summed E-state index contributed by atoms with van der Waals surface area (Å²) in [6, 6.07) is 10.4. The highest BCUT2D eigenvalue weighted by Gasteiger charge is 2.43. The quantitative estimate of drug-likeness (QED) is 0.621. The molecule has 8 nitrogen and oxygen atoms in total. The van der Waals surface area contributed by atoms with Gasteiger partial charge in [-0.15, -0.1) is 0 Å². The summed E-state index contributed by atoms with van der Waals surface area (Å²) in [5.41, 5.74) is 1.48. The number of hydrogen-bond acceptors (Lipinski definition) is 6. The molecule has 0 spiro atoms. The van der Waals surface area contributed by atoms with Gasteiger partial charge in [0.05, 0.1) is 29.7 Å². The maximum Gasteiger partial charge on any atom is 0.262 e. The number of methoxy groups -OCH3 is 1. The molecule has 2 aromatic rings. The second-order valence-electron chi connectivity index (χ2n) is 9.11. The minimum atomic E-state index is -3.45. The normalized spacial score (nSPS) is 14.8. The molecular weight excluding hydrogens is 444 g/mol. The van der Waals surface area contributed by atoms with Crippen molar-refractivity contribution in [1.82, 2.24) is 4.90 Å². The number of nitrogens with zero attached hydrogens (tertiary/aromatic N) is 1. The fraction of sp³-hybridized carbons (Fsp3) is 0.375. The molecule has 0 aromatic heterocycles. The molecule has 0 aliphatic carbocycles.